The summed E-state index contributed by atoms with van der Waals surface area (Å²) in [6, 6.07) is 19.4. The predicted molar refractivity (Wildman–Crippen MR) is 106 cm³/mol. The molecule has 0 saturated carbocycles. The SMILES string of the molecule is CNc1cccc(-c2ccc(Nc3nc(=O)n(O)c4ncccc34)cc2)c1. The Morgan fingerprint density at radius 1 is 0.963 bits per heavy atom. The van der Waals surface area contributed by atoms with Gasteiger partial charge in [-0.25, -0.2) is 9.78 Å². The second-order valence-corrected chi connectivity index (χ2v) is 5.96. The Bertz CT molecular complexity index is 1170. The molecule has 7 nitrogen and oxygen atoms in total. The third-order valence-corrected chi connectivity index (χ3v) is 4.26. The number of nitrogens with one attached hydrogen (secondary N) is 2. The molecule has 2 aromatic carbocycles. The van der Waals surface area contributed by atoms with Crippen molar-refractivity contribution in [2.75, 3.05) is 17.7 Å². The number of hydrogen-bond donors (Lipinski definition) is 3. The fourth-order valence-electron chi connectivity index (χ4n) is 2.88. The van der Waals surface area contributed by atoms with E-state index in [2.05, 4.69) is 26.7 Å². The molecule has 134 valence electrons. The van der Waals surface area contributed by atoms with E-state index in [9.17, 15) is 10.0 Å². The predicted octanol–water partition coefficient (Wildman–Crippen LogP) is 3.48. The van der Waals surface area contributed by atoms with Crippen molar-refractivity contribution in [3.63, 3.8) is 0 Å². The van der Waals surface area contributed by atoms with Crippen molar-refractivity contribution in [1.82, 2.24) is 14.7 Å². The van der Waals surface area contributed by atoms with Crippen molar-refractivity contribution < 1.29 is 5.21 Å². The zero-order chi connectivity index (χ0) is 18.8. The maximum atomic E-state index is 11.9. The second-order valence-electron chi connectivity index (χ2n) is 5.96. The molecule has 2 aromatic heterocycles. The number of nitrogens with zero attached hydrogens (tertiary/aromatic N) is 3. The third-order valence-electron chi connectivity index (χ3n) is 4.26. The molecule has 3 N–H and O–H groups in total. The van der Waals surface area contributed by atoms with Gasteiger partial charge >= 0.3 is 5.69 Å². The van der Waals surface area contributed by atoms with Gasteiger partial charge in [-0.3, -0.25) is 0 Å². The zero-order valence-corrected chi connectivity index (χ0v) is 14.5. The van der Waals surface area contributed by atoms with Crippen LogP contribution in [0.5, 0.6) is 0 Å². The highest BCUT2D eigenvalue weighted by Crippen LogP contribution is 2.26. The quantitative estimate of drug-likeness (QED) is 0.483. The van der Waals surface area contributed by atoms with Gasteiger partial charge in [-0.05, 0) is 47.5 Å². The van der Waals surface area contributed by atoms with E-state index < -0.39 is 5.69 Å². The Balaban J connectivity index is 1.67. The van der Waals surface area contributed by atoms with Crippen LogP contribution in [0.2, 0.25) is 0 Å². The molecule has 7 heteroatoms. The highest BCUT2D eigenvalue weighted by atomic mass is 16.5. The minimum Gasteiger partial charge on any atom is -0.422 e. The molecule has 0 aliphatic rings. The summed E-state index contributed by atoms with van der Waals surface area (Å²) in [4.78, 5) is 19.8. The molecule has 4 aromatic rings. The molecular weight excluding hydrogens is 342 g/mol. The first-order chi connectivity index (χ1) is 13.2. The molecule has 0 amide bonds. The second kappa shape index (κ2) is 6.80. The van der Waals surface area contributed by atoms with Gasteiger partial charge < -0.3 is 15.8 Å². The van der Waals surface area contributed by atoms with Crippen LogP contribution >= 0.6 is 0 Å². The molecule has 0 atom stereocenters. The van der Waals surface area contributed by atoms with Crippen LogP contribution in [0.15, 0.2) is 71.7 Å². The summed E-state index contributed by atoms with van der Waals surface area (Å²) in [6.45, 7) is 0. The van der Waals surface area contributed by atoms with Gasteiger partial charge in [-0.2, -0.15) is 4.98 Å². The van der Waals surface area contributed by atoms with Crippen LogP contribution in [0.1, 0.15) is 0 Å². The molecule has 0 radical (unpaired) electrons. The minimum absolute atomic E-state index is 0.153. The lowest BCUT2D eigenvalue weighted by Gasteiger charge is -2.10. The van der Waals surface area contributed by atoms with Gasteiger partial charge in [0.1, 0.15) is 5.82 Å². The molecule has 4 rings (SSSR count). The zero-order valence-electron chi connectivity index (χ0n) is 14.5. The van der Waals surface area contributed by atoms with E-state index in [1.165, 1.54) is 6.20 Å². The topological polar surface area (TPSA) is 92.1 Å². The number of rotatable bonds is 4. The van der Waals surface area contributed by atoms with Crippen molar-refractivity contribution in [3.05, 3.63) is 77.3 Å². The van der Waals surface area contributed by atoms with Gasteiger partial charge in [-0.1, -0.05) is 24.3 Å². The number of benzene rings is 2. The fraction of sp³-hybridized carbons (Fsp3) is 0.0500. The van der Waals surface area contributed by atoms with Crippen LogP contribution in [0.3, 0.4) is 0 Å². The van der Waals surface area contributed by atoms with E-state index in [-0.39, 0.29) is 5.65 Å². The van der Waals surface area contributed by atoms with Crippen molar-refractivity contribution in [3.8, 4) is 11.1 Å². The maximum Gasteiger partial charge on any atom is 0.384 e. The lowest BCUT2D eigenvalue weighted by molar-refractivity contribution is 0.182. The van der Waals surface area contributed by atoms with Gasteiger partial charge in [0.2, 0.25) is 0 Å². The highest BCUT2D eigenvalue weighted by Gasteiger charge is 2.10. The van der Waals surface area contributed by atoms with Crippen LogP contribution in [0.25, 0.3) is 22.2 Å². The van der Waals surface area contributed by atoms with Gasteiger partial charge in [0.25, 0.3) is 0 Å². The summed E-state index contributed by atoms with van der Waals surface area (Å²) in [5.74, 6) is 0.346. The first kappa shape index (κ1) is 16.6. The Labute approximate surface area is 154 Å². The standard InChI is InChI=1S/C20H17N5O2/c1-21-16-5-2-4-14(12-16)13-7-9-15(10-8-13)23-18-17-6-3-11-22-19(17)25(27)20(26)24-18/h2-12,21,27H,1H3,(H,23,24,26). The first-order valence-corrected chi connectivity index (χ1v) is 8.38. The van der Waals surface area contributed by atoms with Crippen LogP contribution in [-0.4, -0.2) is 27.0 Å². The number of fused-ring (bicyclic) bond motifs is 1. The Morgan fingerprint density at radius 2 is 1.78 bits per heavy atom. The molecule has 2 heterocycles. The van der Waals surface area contributed by atoms with Crippen molar-refractivity contribution in [2.24, 2.45) is 0 Å². The molecule has 0 saturated heterocycles. The smallest absolute Gasteiger partial charge is 0.384 e. The summed E-state index contributed by atoms with van der Waals surface area (Å²) in [5, 5.41) is 16.6. The minimum atomic E-state index is -0.788. The van der Waals surface area contributed by atoms with E-state index in [1.807, 2.05) is 49.5 Å². The maximum absolute atomic E-state index is 11.9. The molecule has 0 spiro atoms. The van der Waals surface area contributed by atoms with Crippen molar-refractivity contribution >= 4 is 28.2 Å². The van der Waals surface area contributed by atoms with Gasteiger partial charge in [-0.15, -0.1) is 4.73 Å². The number of aromatic nitrogens is 3. The van der Waals surface area contributed by atoms with Crippen molar-refractivity contribution in [2.45, 2.75) is 0 Å². The van der Waals surface area contributed by atoms with E-state index in [4.69, 9.17) is 0 Å². The van der Waals surface area contributed by atoms with Crippen LogP contribution in [-0.2, 0) is 0 Å². The van der Waals surface area contributed by atoms with E-state index in [1.54, 1.807) is 12.1 Å². The summed E-state index contributed by atoms with van der Waals surface area (Å²) in [5.41, 5.74) is 3.36. The lowest BCUT2D eigenvalue weighted by atomic mass is 10.0. The van der Waals surface area contributed by atoms with E-state index in [0.717, 1.165) is 22.5 Å². The molecule has 0 unspecified atom stereocenters. The van der Waals surface area contributed by atoms with E-state index in [0.29, 0.717) is 15.9 Å². The monoisotopic (exact) mass is 359 g/mol. The number of hydrogen-bond acceptors (Lipinski definition) is 6. The van der Waals surface area contributed by atoms with Gasteiger partial charge in [0.05, 0.1) is 5.39 Å². The molecule has 0 fully saturated rings. The Morgan fingerprint density at radius 3 is 2.56 bits per heavy atom. The number of anilines is 3. The third kappa shape index (κ3) is 3.18. The van der Waals surface area contributed by atoms with Crippen LogP contribution in [0, 0.1) is 0 Å². The average molecular weight is 359 g/mol. The van der Waals surface area contributed by atoms with Gasteiger partial charge in [0.15, 0.2) is 5.65 Å². The van der Waals surface area contributed by atoms with Gasteiger partial charge in [0, 0.05) is 24.6 Å². The van der Waals surface area contributed by atoms with E-state index >= 15 is 0 Å². The molecule has 0 bridgehead atoms. The van der Waals surface area contributed by atoms with Crippen LogP contribution in [0.4, 0.5) is 17.2 Å². The summed E-state index contributed by atoms with van der Waals surface area (Å²) in [7, 11) is 1.89. The molecule has 27 heavy (non-hydrogen) atoms. The average Bonchev–Trinajstić information content (AvgIpc) is 2.72. The lowest BCUT2D eigenvalue weighted by Crippen LogP contribution is -2.23. The fourth-order valence-corrected chi connectivity index (χ4v) is 2.88. The highest BCUT2D eigenvalue weighted by molar-refractivity contribution is 5.88. The molecule has 0 aliphatic carbocycles. The summed E-state index contributed by atoms with van der Waals surface area (Å²) in [6.07, 6.45) is 1.51. The van der Waals surface area contributed by atoms with Crippen LogP contribution < -0.4 is 16.3 Å². The largest absolute Gasteiger partial charge is 0.422 e. The normalized spacial score (nSPS) is 10.7. The molecular formula is C20H17N5O2. The first-order valence-electron chi connectivity index (χ1n) is 8.38. The Hall–Kier alpha value is -3.87. The Kier molecular flexibility index (Phi) is 4.18. The van der Waals surface area contributed by atoms with Crippen molar-refractivity contribution in [1.29, 1.82) is 0 Å². The summed E-state index contributed by atoms with van der Waals surface area (Å²) < 4.78 is 0.443. The summed E-state index contributed by atoms with van der Waals surface area (Å²) >= 11 is 0. The number of pyridine rings is 1. The molecule has 0 aliphatic heterocycles.